The monoisotopic (exact) mass is 473 g/mol. The van der Waals surface area contributed by atoms with Gasteiger partial charge in [-0.15, -0.1) is 0 Å². The summed E-state index contributed by atoms with van der Waals surface area (Å²) in [6.45, 7) is 7.21. The molecule has 0 unspecified atom stereocenters. The van der Waals surface area contributed by atoms with Crippen LogP contribution in [0.5, 0.6) is 0 Å². The molecule has 0 atom stereocenters. The van der Waals surface area contributed by atoms with Gasteiger partial charge in [-0.3, -0.25) is 4.55 Å². The van der Waals surface area contributed by atoms with Crippen LogP contribution in [0.2, 0.25) is 0 Å². The van der Waals surface area contributed by atoms with Gasteiger partial charge in [0.2, 0.25) is 10.4 Å². The number of rotatable bonds is 16. The van der Waals surface area contributed by atoms with Crippen molar-refractivity contribution in [1.82, 2.24) is 0 Å². The van der Waals surface area contributed by atoms with Crippen molar-refractivity contribution in [2.45, 2.75) is 104 Å². The maximum absolute atomic E-state index is 8.63. The molecule has 0 aliphatic heterocycles. The lowest BCUT2D eigenvalue weighted by Crippen LogP contribution is -2.39. The third-order valence-electron chi connectivity index (χ3n) is 5.64. The normalized spacial score (nSPS) is 11.2. The van der Waals surface area contributed by atoms with Crippen molar-refractivity contribution >= 4 is 10.4 Å². The maximum Gasteiger partial charge on any atom is 0.215 e. The Labute approximate surface area is 199 Å². The molecule has 0 spiro atoms. The van der Waals surface area contributed by atoms with Gasteiger partial charge in [0.25, 0.3) is 0 Å². The molecule has 0 heterocycles. The van der Waals surface area contributed by atoms with E-state index >= 15 is 0 Å². The summed E-state index contributed by atoms with van der Waals surface area (Å²) < 4.78 is 34.0. The highest BCUT2D eigenvalue weighted by atomic mass is 32.3. The van der Waals surface area contributed by atoms with Crippen LogP contribution in [0.25, 0.3) is 0 Å². The summed E-state index contributed by atoms with van der Waals surface area (Å²) in [6, 6.07) is 12.0. The van der Waals surface area contributed by atoms with Gasteiger partial charge in [-0.25, -0.2) is 8.42 Å². The minimum absolute atomic E-state index is 1.19. The van der Waals surface area contributed by atoms with Crippen LogP contribution in [-0.2, 0) is 10.4 Å². The first-order valence-electron chi connectivity index (χ1n) is 12.6. The van der Waals surface area contributed by atoms with Crippen molar-refractivity contribution in [3.63, 3.8) is 0 Å². The van der Waals surface area contributed by atoms with Gasteiger partial charge in [0.05, 0.1) is 27.2 Å². The predicted molar refractivity (Wildman–Crippen MR) is 137 cm³/mol. The first kappa shape index (κ1) is 33.2. The standard InChI is InChI=1S/C20H44N.C6H6.H2O4S/c1-5-7-8-9-10-11-12-13-14-15-16-17-18-19-20-21(3,4)6-2;1-2-4-6-5-3-1;1-5(2,3)4/h5-20H2,1-4H3;1-6H;(H2,1,2,3,4)/q+1;;/p-1. The minimum Gasteiger partial charge on any atom is -0.726 e. The third-order valence-corrected chi connectivity index (χ3v) is 5.64. The zero-order valence-corrected chi connectivity index (χ0v) is 22.1. The Morgan fingerprint density at radius 2 is 0.875 bits per heavy atom. The number of unbranched alkanes of at least 4 members (excludes halogenated alkanes) is 13. The number of benzene rings is 1. The number of hydrogen-bond acceptors (Lipinski definition) is 3. The van der Waals surface area contributed by atoms with E-state index in [0.29, 0.717) is 0 Å². The second-order valence-electron chi connectivity index (χ2n) is 9.15. The molecule has 1 N–H and O–H groups in total. The van der Waals surface area contributed by atoms with E-state index in [-0.39, 0.29) is 0 Å². The molecule has 6 heteroatoms. The predicted octanol–water partition coefficient (Wildman–Crippen LogP) is 7.26. The number of hydrogen-bond donors (Lipinski definition) is 1. The lowest BCUT2D eigenvalue weighted by atomic mass is 10.0. The molecule has 1 aromatic rings. The Morgan fingerprint density at radius 1 is 0.625 bits per heavy atom. The molecule has 32 heavy (non-hydrogen) atoms. The van der Waals surface area contributed by atoms with Gasteiger partial charge >= 0.3 is 0 Å². The highest BCUT2D eigenvalue weighted by Gasteiger charge is 2.09. The van der Waals surface area contributed by atoms with Gasteiger partial charge in [-0.2, -0.15) is 0 Å². The van der Waals surface area contributed by atoms with Crippen LogP contribution < -0.4 is 0 Å². The zero-order valence-electron chi connectivity index (χ0n) is 21.3. The fourth-order valence-corrected chi connectivity index (χ4v) is 3.28. The van der Waals surface area contributed by atoms with Gasteiger partial charge < -0.3 is 9.04 Å². The summed E-state index contributed by atoms with van der Waals surface area (Å²) in [5.74, 6) is 0. The van der Waals surface area contributed by atoms with Crippen molar-refractivity contribution in [3.05, 3.63) is 36.4 Å². The Bertz CT molecular complexity index is 542. The van der Waals surface area contributed by atoms with Crippen molar-refractivity contribution in [1.29, 1.82) is 0 Å². The fraction of sp³-hybridized carbons (Fsp3) is 0.769. The Kier molecular flexibility index (Phi) is 24.1. The molecule has 1 rings (SSSR count). The molecule has 0 bridgehead atoms. The van der Waals surface area contributed by atoms with Crippen LogP contribution >= 0.6 is 0 Å². The summed E-state index contributed by atoms with van der Waals surface area (Å²) in [7, 11) is -0.218. The van der Waals surface area contributed by atoms with Crippen LogP contribution in [0.1, 0.15) is 104 Å². The topological polar surface area (TPSA) is 77.4 Å². The van der Waals surface area contributed by atoms with E-state index in [1.807, 2.05) is 36.4 Å². The van der Waals surface area contributed by atoms with E-state index < -0.39 is 10.4 Å². The third kappa shape index (κ3) is 36.4. The van der Waals surface area contributed by atoms with Gasteiger partial charge in [0.1, 0.15) is 0 Å². The van der Waals surface area contributed by atoms with Crippen LogP contribution in [-0.4, -0.2) is 49.2 Å². The zero-order chi connectivity index (χ0) is 24.6. The molecule has 0 aliphatic carbocycles. The molecule has 1 aromatic carbocycles. The van der Waals surface area contributed by atoms with Gasteiger partial charge in [0.15, 0.2) is 0 Å². The minimum atomic E-state index is -4.92. The molecule has 0 saturated carbocycles. The summed E-state index contributed by atoms with van der Waals surface area (Å²) in [6.07, 6.45) is 20.4. The summed E-state index contributed by atoms with van der Waals surface area (Å²) in [5.41, 5.74) is 0. The molecule has 5 nitrogen and oxygen atoms in total. The van der Waals surface area contributed by atoms with E-state index in [1.165, 1.54) is 107 Å². The average Bonchev–Trinajstić information content (AvgIpc) is 2.74. The summed E-state index contributed by atoms with van der Waals surface area (Å²) in [5, 5.41) is 0. The Hall–Kier alpha value is -0.950. The van der Waals surface area contributed by atoms with Gasteiger partial charge in [0, 0.05) is 0 Å². The van der Waals surface area contributed by atoms with E-state index in [9.17, 15) is 0 Å². The highest BCUT2D eigenvalue weighted by Crippen LogP contribution is 2.13. The maximum atomic E-state index is 8.63. The van der Waals surface area contributed by atoms with Crippen molar-refractivity contribution in [3.8, 4) is 0 Å². The quantitative estimate of drug-likeness (QED) is 0.119. The Balaban J connectivity index is 0. The van der Waals surface area contributed by atoms with Crippen molar-refractivity contribution in [2.24, 2.45) is 0 Å². The van der Waals surface area contributed by atoms with E-state index in [2.05, 4.69) is 27.9 Å². The lowest BCUT2D eigenvalue weighted by molar-refractivity contribution is -0.888. The molecule has 0 aromatic heterocycles. The molecule has 0 saturated heterocycles. The van der Waals surface area contributed by atoms with Gasteiger partial charge in [-0.1, -0.05) is 120 Å². The first-order chi connectivity index (χ1) is 15.1. The lowest BCUT2D eigenvalue weighted by Gasteiger charge is -2.28. The second kappa shape index (κ2) is 23.2. The van der Waals surface area contributed by atoms with Crippen LogP contribution in [0.4, 0.5) is 0 Å². The Morgan fingerprint density at radius 3 is 1.12 bits per heavy atom. The molecular formula is C26H51NO4S. The molecule has 0 radical (unpaired) electrons. The van der Waals surface area contributed by atoms with E-state index in [4.69, 9.17) is 17.5 Å². The van der Waals surface area contributed by atoms with Crippen LogP contribution in [0.3, 0.4) is 0 Å². The molecule has 0 aliphatic rings. The van der Waals surface area contributed by atoms with E-state index in [1.54, 1.807) is 0 Å². The van der Waals surface area contributed by atoms with Crippen molar-refractivity contribution in [2.75, 3.05) is 27.2 Å². The number of nitrogens with zero attached hydrogens (tertiary/aromatic N) is 1. The van der Waals surface area contributed by atoms with Gasteiger partial charge in [-0.05, 0) is 19.8 Å². The molecule has 190 valence electrons. The fourth-order valence-electron chi connectivity index (χ4n) is 3.28. The molecule has 0 amide bonds. The smallest absolute Gasteiger partial charge is 0.215 e. The average molecular weight is 474 g/mol. The number of quaternary nitrogens is 1. The second-order valence-corrected chi connectivity index (χ2v) is 10.0. The van der Waals surface area contributed by atoms with Crippen molar-refractivity contribution < 1.29 is 22.0 Å². The largest absolute Gasteiger partial charge is 0.726 e. The molecular weight excluding hydrogens is 422 g/mol. The SMILES string of the molecule is CCCCCCCCCCCCCCCC[N+](C)(C)CC.O=S(=O)([O-])O.c1ccccc1. The summed E-state index contributed by atoms with van der Waals surface area (Å²) >= 11 is 0. The van der Waals surface area contributed by atoms with E-state index in [0.717, 1.165) is 0 Å². The summed E-state index contributed by atoms with van der Waals surface area (Å²) in [4.78, 5) is 0. The van der Waals surface area contributed by atoms with Crippen LogP contribution in [0.15, 0.2) is 36.4 Å². The highest BCUT2D eigenvalue weighted by molar-refractivity contribution is 7.79. The van der Waals surface area contributed by atoms with Crippen LogP contribution in [0, 0.1) is 0 Å². The molecule has 0 fully saturated rings. The first-order valence-corrected chi connectivity index (χ1v) is 14.0.